The Morgan fingerprint density at radius 3 is 2.23 bits per heavy atom. The number of hydrogen-bond donors (Lipinski definition) is 1. The number of benzene rings is 2. The molecule has 1 aliphatic heterocycles. The second-order valence-electron chi connectivity index (χ2n) is 6.25. The molecule has 1 aliphatic rings. The first-order valence-corrected chi connectivity index (χ1v) is 8.75. The van der Waals surface area contributed by atoms with Gasteiger partial charge in [0.25, 0.3) is 0 Å². The van der Waals surface area contributed by atoms with Crippen molar-refractivity contribution in [2.75, 3.05) is 37.6 Å². The summed E-state index contributed by atoms with van der Waals surface area (Å²) in [6.07, 6.45) is 0.557. The van der Waals surface area contributed by atoms with Crippen molar-refractivity contribution in [3.8, 4) is 0 Å². The summed E-state index contributed by atoms with van der Waals surface area (Å²) < 4.78 is 12.9. The normalized spacial score (nSPS) is 14.2. The van der Waals surface area contributed by atoms with Crippen LogP contribution in [0.3, 0.4) is 0 Å². The van der Waals surface area contributed by atoms with Gasteiger partial charge in [-0.2, -0.15) is 0 Å². The lowest BCUT2D eigenvalue weighted by molar-refractivity contribution is -0.146. The number of amides is 2. The van der Waals surface area contributed by atoms with E-state index in [9.17, 15) is 14.0 Å². The lowest BCUT2D eigenvalue weighted by Gasteiger charge is -2.35. The highest BCUT2D eigenvalue weighted by atomic mass is 19.1. The Morgan fingerprint density at radius 1 is 0.923 bits per heavy atom. The molecule has 6 heteroatoms. The molecule has 136 valence electrons. The van der Waals surface area contributed by atoms with Gasteiger partial charge in [-0.3, -0.25) is 9.59 Å². The number of para-hydroxylation sites is 1. The minimum Gasteiger partial charge on any atom is -0.368 e. The minimum atomic E-state index is -0.583. The van der Waals surface area contributed by atoms with E-state index >= 15 is 0 Å². The second-order valence-corrected chi connectivity index (χ2v) is 6.25. The Bertz CT molecular complexity index is 741. The average molecular weight is 355 g/mol. The maximum absolute atomic E-state index is 12.9. The molecule has 0 atom stereocenters. The summed E-state index contributed by atoms with van der Waals surface area (Å²) in [5, 5.41) is 2.65. The van der Waals surface area contributed by atoms with E-state index in [1.807, 2.05) is 30.3 Å². The van der Waals surface area contributed by atoms with E-state index in [4.69, 9.17) is 0 Å². The van der Waals surface area contributed by atoms with Crippen molar-refractivity contribution in [3.63, 3.8) is 0 Å². The van der Waals surface area contributed by atoms with Crippen molar-refractivity contribution in [1.82, 2.24) is 10.2 Å². The van der Waals surface area contributed by atoms with E-state index < -0.39 is 11.8 Å². The highest BCUT2D eigenvalue weighted by molar-refractivity contribution is 6.35. The Balaban J connectivity index is 1.43. The summed E-state index contributed by atoms with van der Waals surface area (Å²) in [7, 11) is 0. The number of piperazine rings is 1. The molecule has 2 aromatic carbocycles. The average Bonchev–Trinajstić information content (AvgIpc) is 2.69. The van der Waals surface area contributed by atoms with Crippen LogP contribution in [0, 0.1) is 5.82 Å². The SMILES string of the molecule is O=C(NCCc1ccc(F)cc1)C(=O)N1CCN(c2ccccc2)CC1. The largest absolute Gasteiger partial charge is 0.368 e. The first kappa shape index (κ1) is 17.9. The van der Waals surface area contributed by atoms with Gasteiger partial charge < -0.3 is 15.1 Å². The van der Waals surface area contributed by atoms with Crippen molar-refractivity contribution < 1.29 is 14.0 Å². The Morgan fingerprint density at radius 2 is 1.58 bits per heavy atom. The van der Waals surface area contributed by atoms with E-state index in [1.165, 1.54) is 12.1 Å². The number of halogens is 1. The monoisotopic (exact) mass is 355 g/mol. The Labute approximate surface area is 152 Å². The topological polar surface area (TPSA) is 52.7 Å². The number of rotatable bonds is 4. The van der Waals surface area contributed by atoms with Crippen LogP contribution in [0.25, 0.3) is 0 Å². The Hall–Kier alpha value is -2.89. The van der Waals surface area contributed by atoms with Crippen LogP contribution in [0.15, 0.2) is 54.6 Å². The molecule has 0 radical (unpaired) electrons. The van der Waals surface area contributed by atoms with Crippen LogP contribution in [0.5, 0.6) is 0 Å². The minimum absolute atomic E-state index is 0.289. The Kier molecular flexibility index (Phi) is 5.84. The van der Waals surface area contributed by atoms with Gasteiger partial charge in [-0.25, -0.2) is 4.39 Å². The van der Waals surface area contributed by atoms with Gasteiger partial charge >= 0.3 is 11.8 Å². The van der Waals surface area contributed by atoms with Crippen molar-refractivity contribution in [3.05, 3.63) is 66.0 Å². The van der Waals surface area contributed by atoms with Crippen LogP contribution in [0.4, 0.5) is 10.1 Å². The quantitative estimate of drug-likeness (QED) is 0.852. The highest BCUT2D eigenvalue weighted by Crippen LogP contribution is 2.15. The molecule has 26 heavy (non-hydrogen) atoms. The fraction of sp³-hybridized carbons (Fsp3) is 0.300. The van der Waals surface area contributed by atoms with Gasteiger partial charge in [0.15, 0.2) is 0 Å². The number of carbonyl (C=O) groups is 2. The van der Waals surface area contributed by atoms with Gasteiger partial charge in [-0.1, -0.05) is 30.3 Å². The van der Waals surface area contributed by atoms with Crippen LogP contribution < -0.4 is 10.2 Å². The summed E-state index contributed by atoms with van der Waals surface area (Å²) in [5.74, 6) is -1.36. The predicted molar refractivity (Wildman–Crippen MR) is 98.3 cm³/mol. The second kappa shape index (κ2) is 8.47. The molecular weight excluding hydrogens is 333 g/mol. The van der Waals surface area contributed by atoms with Gasteiger partial charge in [0, 0.05) is 38.4 Å². The van der Waals surface area contributed by atoms with Gasteiger partial charge in [-0.05, 0) is 36.2 Å². The molecule has 0 spiro atoms. The molecule has 1 fully saturated rings. The molecule has 0 unspecified atom stereocenters. The van der Waals surface area contributed by atoms with Crippen molar-refractivity contribution >= 4 is 17.5 Å². The summed E-state index contributed by atoms with van der Waals surface area (Å²) in [4.78, 5) is 28.1. The molecule has 1 saturated heterocycles. The molecule has 2 amide bonds. The fourth-order valence-corrected chi connectivity index (χ4v) is 3.00. The fourth-order valence-electron chi connectivity index (χ4n) is 3.00. The molecule has 2 aromatic rings. The van der Waals surface area contributed by atoms with Crippen LogP contribution in [-0.4, -0.2) is 49.4 Å². The van der Waals surface area contributed by atoms with Crippen LogP contribution >= 0.6 is 0 Å². The van der Waals surface area contributed by atoms with E-state index in [0.29, 0.717) is 39.1 Å². The predicted octanol–water partition coefficient (Wildman–Crippen LogP) is 1.83. The van der Waals surface area contributed by atoms with E-state index in [0.717, 1.165) is 11.3 Å². The number of hydrogen-bond acceptors (Lipinski definition) is 3. The zero-order chi connectivity index (χ0) is 18.4. The number of anilines is 1. The van der Waals surface area contributed by atoms with E-state index in [-0.39, 0.29) is 5.82 Å². The first-order valence-electron chi connectivity index (χ1n) is 8.75. The standard InChI is InChI=1S/C20H22FN3O2/c21-17-8-6-16(7-9-17)10-11-22-19(25)20(26)24-14-12-23(13-15-24)18-4-2-1-3-5-18/h1-9H,10-15H2,(H,22,25). The molecule has 1 heterocycles. The van der Waals surface area contributed by atoms with E-state index in [1.54, 1.807) is 17.0 Å². The third-order valence-corrected chi connectivity index (χ3v) is 4.49. The van der Waals surface area contributed by atoms with Crippen LogP contribution in [0.2, 0.25) is 0 Å². The maximum atomic E-state index is 12.9. The molecule has 0 aromatic heterocycles. The molecule has 3 rings (SSSR count). The smallest absolute Gasteiger partial charge is 0.312 e. The van der Waals surface area contributed by atoms with Crippen LogP contribution in [-0.2, 0) is 16.0 Å². The summed E-state index contributed by atoms with van der Waals surface area (Å²) >= 11 is 0. The number of carbonyl (C=O) groups excluding carboxylic acids is 2. The third-order valence-electron chi connectivity index (χ3n) is 4.49. The number of nitrogens with one attached hydrogen (secondary N) is 1. The highest BCUT2D eigenvalue weighted by Gasteiger charge is 2.25. The molecule has 0 bridgehead atoms. The first-order chi connectivity index (χ1) is 12.6. The summed E-state index contributed by atoms with van der Waals surface area (Å²) in [5.41, 5.74) is 2.04. The lowest BCUT2D eigenvalue weighted by atomic mass is 10.1. The van der Waals surface area contributed by atoms with Crippen molar-refractivity contribution in [2.24, 2.45) is 0 Å². The van der Waals surface area contributed by atoms with Gasteiger partial charge in [0.1, 0.15) is 5.82 Å². The lowest BCUT2D eigenvalue weighted by Crippen LogP contribution is -2.52. The van der Waals surface area contributed by atoms with Gasteiger partial charge in [-0.15, -0.1) is 0 Å². The van der Waals surface area contributed by atoms with Gasteiger partial charge in [0.2, 0.25) is 0 Å². The molecule has 1 N–H and O–H groups in total. The van der Waals surface area contributed by atoms with Gasteiger partial charge in [0.05, 0.1) is 0 Å². The zero-order valence-electron chi connectivity index (χ0n) is 14.5. The van der Waals surface area contributed by atoms with Crippen molar-refractivity contribution in [1.29, 1.82) is 0 Å². The third kappa shape index (κ3) is 4.59. The van der Waals surface area contributed by atoms with Crippen LogP contribution in [0.1, 0.15) is 5.56 Å². The zero-order valence-corrected chi connectivity index (χ0v) is 14.5. The molecule has 5 nitrogen and oxygen atoms in total. The molecule has 0 aliphatic carbocycles. The number of nitrogens with zero attached hydrogens (tertiary/aromatic N) is 2. The maximum Gasteiger partial charge on any atom is 0.312 e. The van der Waals surface area contributed by atoms with E-state index in [2.05, 4.69) is 10.2 Å². The molecule has 0 saturated carbocycles. The summed E-state index contributed by atoms with van der Waals surface area (Å²) in [6.45, 7) is 2.82. The van der Waals surface area contributed by atoms with Crippen molar-refractivity contribution in [2.45, 2.75) is 6.42 Å². The molecular formula is C20H22FN3O2. The summed E-state index contributed by atoms with van der Waals surface area (Å²) in [6, 6.07) is 16.1.